The predicted octanol–water partition coefficient (Wildman–Crippen LogP) is 4.77. The molecule has 1 amide bonds. The van der Waals surface area contributed by atoms with Crippen LogP contribution in [0.15, 0.2) is 84.0 Å². The average molecular weight is 411 g/mol. The van der Waals surface area contributed by atoms with Gasteiger partial charge in [0.15, 0.2) is 0 Å². The molecule has 0 fully saturated rings. The SMILES string of the molecule is CCOc1ccc(-c2cc(C(=O)NN=Cc3ccc(O)cc3)c3ccccc3n2)cc1. The molecule has 0 saturated carbocycles. The molecule has 0 saturated heterocycles. The summed E-state index contributed by atoms with van der Waals surface area (Å²) >= 11 is 0. The number of nitrogens with one attached hydrogen (secondary N) is 1. The number of fused-ring (bicyclic) bond motifs is 1. The summed E-state index contributed by atoms with van der Waals surface area (Å²) in [5.74, 6) is 0.626. The number of carbonyl (C=O) groups excluding carboxylic acids is 1. The Morgan fingerprint density at radius 2 is 1.81 bits per heavy atom. The highest BCUT2D eigenvalue weighted by Crippen LogP contribution is 2.26. The minimum Gasteiger partial charge on any atom is -0.508 e. The van der Waals surface area contributed by atoms with Gasteiger partial charge in [0.1, 0.15) is 11.5 Å². The second-order valence-electron chi connectivity index (χ2n) is 6.82. The van der Waals surface area contributed by atoms with E-state index in [2.05, 4.69) is 10.5 Å². The van der Waals surface area contributed by atoms with Gasteiger partial charge in [-0.2, -0.15) is 5.10 Å². The molecule has 154 valence electrons. The number of para-hydroxylation sites is 1. The normalized spacial score (nSPS) is 11.0. The summed E-state index contributed by atoms with van der Waals surface area (Å²) < 4.78 is 5.50. The lowest BCUT2D eigenvalue weighted by atomic mass is 10.0. The highest BCUT2D eigenvalue weighted by Gasteiger charge is 2.13. The number of aromatic hydroxyl groups is 1. The van der Waals surface area contributed by atoms with Crippen LogP contribution in [-0.4, -0.2) is 28.8 Å². The van der Waals surface area contributed by atoms with Crippen molar-refractivity contribution >= 4 is 23.0 Å². The third-order valence-corrected chi connectivity index (χ3v) is 4.69. The van der Waals surface area contributed by atoms with Crippen molar-refractivity contribution in [2.24, 2.45) is 5.10 Å². The van der Waals surface area contributed by atoms with E-state index in [9.17, 15) is 9.90 Å². The van der Waals surface area contributed by atoms with Gasteiger partial charge in [-0.15, -0.1) is 0 Å². The number of carbonyl (C=O) groups is 1. The van der Waals surface area contributed by atoms with Crippen molar-refractivity contribution in [1.82, 2.24) is 10.4 Å². The van der Waals surface area contributed by atoms with Gasteiger partial charge in [-0.3, -0.25) is 4.79 Å². The Bertz CT molecular complexity index is 1230. The van der Waals surface area contributed by atoms with Gasteiger partial charge < -0.3 is 9.84 Å². The third-order valence-electron chi connectivity index (χ3n) is 4.69. The fraction of sp³-hybridized carbons (Fsp3) is 0.0800. The van der Waals surface area contributed by atoms with Crippen molar-refractivity contribution in [1.29, 1.82) is 0 Å². The molecular weight excluding hydrogens is 390 g/mol. The highest BCUT2D eigenvalue weighted by atomic mass is 16.5. The summed E-state index contributed by atoms with van der Waals surface area (Å²) in [6, 6.07) is 23.4. The Balaban J connectivity index is 1.64. The van der Waals surface area contributed by atoms with Crippen molar-refractivity contribution in [3.8, 4) is 22.8 Å². The first-order valence-corrected chi connectivity index (χ1v) is 9.89. The number of benzene rings is 3. The van der Waals surface area contributed by atoms with Gasteiger partial charge in [0.2, 0.25) is 0 Å². The molecule has 0 aliphatic carbocycles. The molecule has 0 bridgehead atoms. The van der Waals surface area contributed by atoms with Gasteiger partial charge in [0, 0.05) is 10.9 Å². The van der Waals surface area contributed by atoms with Crippen LogP contribution in [0.5, 0.6) is 11.5 Å². The molecule has 0 radical (unpaired) electrons. The average Bonchev–Trinajstić information content (AvgIpc) is 2.80. The van der Waals surface area contributed by atoms with Gasteiger partial charge in [0.25, 0.3) is 5.91 Å². The van der Waals surface area contributed by atoms with Gasteiger partial charge in [-0.25, -0.2) is 10.4 Å². The maximum atomic E-state index is 12.9. The van der Waals surface area contributed by atoms with E-state index < -0.39 is 0 Å². The number of phenolic OH excluding ortho intramolecular Hbond substituents is 1. The zero-order valence-corrected chi connectivity index (χ0v) is 16.9. The molecule has 0 unspecified atom stereocenters. The number of nitrogens with zero attached hydrogens (tertiary/aromatic N) is 2. The van der Waals surface area contributed by atoms with Crippen LogP contribution in [0.4, 0.5) is 0 Å². The number of hydrogen-bond acceptors (Lipinski definition) is 5. The predicted molar refractivity (Wildman–Crippen MR) is 122 cm³/mol. The molecule has 6 heteroatoms. The molecule has 4 aromatic rings. The maximum absolute atomic E-state index is 12.9. The van der Waals surface area contributed by atoms with E-state index in [1.165, 1.54) is 6.21 Å². The molecule has 1 aromatic heterocycles. The molecule has 0 atom stereocenters. The molecule has 3 aromatic carbocycles. The van der Waals surface area contributed by atoms with E-state index in [4.69, 9.17) is 9.72 Å². The molecule has 4 rings (SSSR count). The van der Waals surface area contributed by atoms with Gasteiger partial charge in [0.05, 0.1) is 29.6 Å². The van der Waals surface area contributed by atoms with E-state index >= 15 is 0 Å². The molecule has 0 aliphatic heterocycles. The monoisotopic (exact) mass is 411 g/mol. The zero-order valence-electron chi connectivity index (χ0n) is 16.9. The number of hydrogen-bond donors (Lipinski definition) is 2. The van der Waals surface area contributed by atoms with Crippen molar-refractivity contribution in [2.75, 3.05) is 6.61 Å². The number of aromatic nitrogens is 1. The Morgan fingerprint density at radius 3 is 2.55 bits per heavy atom. The third kappa shape index (κ3) is 4.70. The van der Waals surface area contributed by atoms with E-state index in [0.717, 1.165) is 27.8 Å². The van der Waals surface area contributed by atoms with Crippen LogP contribution in [0.2, 0.25) is 0 Å². The molecule has 0 spiro atoms. The summed E-state index contributed by atoms with van der Waals surface area (Å²) in [7, 11) is 0. The number of ether oxygens (including phenoxy) is 1. The second-order valence-corrected chi connectivity index (χ2v) is 6.82. The number of pyridine rings is 1. The van der Waals surface area contributed by atoms with Crippen LogP contribution in [0.1, 0.15) is 22.8 Å². The Labute approximate surface area is 179 Å². The van der Waals surface area contributed by atoms with Crippen LogP contribution < -0.4 is 10.2 Å². The number of rotatable bonds is 6. The van der Waals surface area contributed by atoms with Crippen LogP contribution in [0, 0.1) is 0 Å². The largest absolute Gasteiger partial charge is 0.508 e. The van der Waals surface area contributed by atoms with Gasteiger partial charge >= 0.3 is 0 Å². The minimum atomic E-state index is -0.333. The molecule has 0 aliphatic rings. The number of phenols is 1. The Kier molecular flexibility index (Phi) is 5.89. The van der Waals surface area contributed by atoms with E-state index in [1.807, 2.05) is 55.5 Å². The first-order chi connectivity index (χ1) is 15.1. The van der Waals surface area contributed by atoms with Gasteiger partial charge in [-0.1, -0.05) is 18.2 Å². The van der Waals surface area contributed by atoms with E-state index in [0.29, 0.717) is 17.9 Å². The van der Waals surface area contributed by atoms with E-state index in [-0.39, 0.29) is 11.7 Å². The molecule has 2 N–H and O–H groups in total. The number of amides is 1. The van der Waals surface area contributed by atoms with Crippen molar-refractivity contribution < 1.29 is 14.6 Å². The van der Waals surface area contributed by atoms with Crippen LogP contribution in [-0.2, 0) is 0 Å². The fourth-order valence-corrected chi connectivity index (χ4v) is 3.19. The fourth-order valence-electron chi connectivity index (χ4n) is 3.19. The van der Waals surface area contributed by atoms with Gasteiger partial charge in [-0.05, 0) is 73.2 Å². The summed E-state index contributed by atoms with van der Waals surface area (Å²) in [5.41, 5.74) is 6.12. The van der Waals surface area contributed by atoms with Crippen molar-refractivity contribution in [3.05, 3.63) is 90.0 Å². The summed E-state index contributed by atoms with van der Waals surface area (Å²) in [6.07, 6.45) is 1.52. The van der Waals surface area contributed by atoms with Crippen molar-refractivity contribution in [3.63, 3.8) is 0 Å². The van der Waals surface area contributed by atoms with Crippen LogP contribution >= 0.6 is 0 Å². The van der Waals surface area contributed by atoms with Crippen LogP contribution in [0.3, 0.4) is 0 Å². The molecule has 6 nitrogen and oxygen atoms in total. The molecule has 31 heavy (non-hydrogen) atoms. The Morgan fingerprint density at radius 1 is 1.06 bits per heavy atom. The standard InChI is InChI=1S/C25H21N3O3/c1-2-31-20-13-9-18(10-14-20)24-15-22(21-5-3-4-6-23(21)27-24)25(30)28-26-16-17-7-11-19(29)12-8-17/h3-16,29H,2H2,1H3,(H,28,30). The lowest BCUT2D eigenvalue weighted by molar-refractivity contribution is 0.0956. The summed E-state index contributed by atoms with van der Waals surface area (Å²) in [4.78, 5) is 17.6. The first-order valence-electron chi connectivity index (χ1n) is 9.89. The number of hydrazone groups is 1. The summed E-state index contributed by atoms with van der Waals surface area (Å²) in [5, 5.41) is 14.1. The van der Waals surface area contributed by atoms with E-state index in [1.54, 1.807) is 30.3 Å². The summed E-state index contributed by atoms with van der Waals surface area (Å²) in [6.45, 7) is 2.54. The topological polar surface area (TPSA) is 83.8 Å². The lowest BCUT2D eigenvalue weighted by Crippen LogP contribution is -2.18. The molecule has 1 heterocycles. The van der Waals surface area contributed by atoms with Crippen LogP contribution in [0.25, 0.3) is 22.2 Å². The molecular formula is C25H21N3O3. The lowest BCUT2D eigenvalue weighted by Gasteiger charge is -2.10. The highest BCUT2D eigenvalue weighted by molar-refractivity contribution is 6.07. The first kappa shape index (κ1) is 20.1. The smallest absolute Gasteiger partial charge is 0.272 e. The quantitative estimate of drug-likeness (QED) is 0.354. The maximum Gasteiger partial charge on any atom is 0.272 e. The Hall–Kier alpha value is -4.19. The zero-order chi connectivity index (χ0) is 21.6. The second kappa shape index (κ2) is 9.09. The minimum absolute atomic E-state index is 0.172. The van der Waals surface area contributed by atoms with Crippen molar-refractivity contribution in [2.45, 2.75) is 6.92 Å².